The van der Waals surface area contributed by atoms with Crippen LogP contribution in [0.4, 0.5) is 5.69 Å². The van der Waals surface area contributed by atoms with Crippen LogP contribution in [0, 0.1) is 13.8 Å². The van der Waals surface area contributed by atoms with Crippen LogP contribution >= 0.6 is 27.7 Å². The van der Waals surface area contributed by atoms with E-state index in [-0.39, 0.29) is 11.7 Å². The Kier molecular flexibility index (Phi) is 5.83. The Bertz CT molecular complexity index is 898. The molecule has 0 bridgehead atoms. The molecule has 0 atom stereocenters. The number of hydrogen-bond donors (Lipinski definition) is 1. The number of nitrogens with zero attached hydrogens (tertiary/aromatic N) is 3. The van der Waals surface area contributed by atoms with Crippen LogP contribution in [-0.2, 0) is 11.3 Å². The Morgan fingerprint density at radius 3 is 2.65 bits per heavy atom. The van der Waals surface area contributed by atoms with Gasteiger partial charge in [0.1, 0.15) is 0 Å². The normalized spacial score (nSPS) is 10.9. The highest BCUT2D eigenvalue weighted by Crippen LogP contribution is 2.27. The van der Waals surface area contributed by atoms with Gasteiger partial charge in [-0.05, 0) is 56.2 Å². The Hall–Kier alpha value is -2.06. The molecule has 0 saturated heterocycles. The molecule has 0 aliphatic carbocycles. The van der Waals surface area contributed by atoms with Gasteiger partial charge in [0.25, 0.3) is 0 Å². The van der Waals surface area contributed by atoms with Crippen LogP contribution in [0.5, 0.6) is 0 Å². The number of nitrogens with one attached hydrogen (secondary N) is 1. The van der Waals surface area contributed by atoms with Gasteiger partial charge in [-0.3, -0.25) is 9.36 Å². The highest BCUT2D eigenvalue weighted by atomic mass is 79.9. The van der Waals surface area contributed by atoms with Gasteiger partial charge >= 0.3 is 0 Å². The van der Waals surface area contributed by atoms with Crippen molar-refractivity contribution in [3.8, 4) is 11.6 Å². The van der Waals surface area contributed by atoms with Crippen LogP contribution in [0.1, 0.15) is 18.1 Å². The van der Waals surface area contributed by atoms with Gasteiger partial charge in [0.15, 0.2) is 16.7 Å². The predicted octanol–water partition coefficient (Wildman–Crippen LogP) is 4.67. The van der Waals surface area contributed by atoms with Crippen molar-refractivity contribution in [1.82, 2.24) is 14.8 Å². The number of benzene rings is 1. The van der Waals surface area contributed by atoms with Gasteiger partial charge in [-0.25, -0.2) is 0 Å². The molecule has 0 aliphatic rings. The topological polar surface area (TPSA) is 73.0 Å². The molecule has 3 rings (SSSR count). The van der Waals surface area contributed by atoms with Crippen molar-refractivity contribution in [2.45, 2.75) is 32.5 Å². The van der Waals surface area contributed by atoms with E-state index in [4.69, 9.17) is 4.42 Å². The van der Waals surface area contributed by atoms with Gasteiger partial charge in [0.05, 0.1) is 12.0 Å². The Labute approximate surface area is 164 Å². The zero-order valence-electron chi connectivity index (χ0n) is 14.7. The summed E-state index contributed by atoms with van der Waals surface area (Å²) in [5.74, 6) is 1.51. The molecule has 0 aliphatic heterocycles. The quantitative estimate of drug-likeness (QED) is 0.570. The van der Waals surface area contributed by atoms with Crippen molar-refractivity contribution in [3.63, 3.8) is 0 Å². The number of aromatic nitrogens is 3. The maximum atomic E-state index is 12.4. The van der Waals surface area contributed by atoms with Crippen LogP contribution in [0.25, 0.3) is 11.6 Å². The zero-order valence-corrected chi connectivity index (χ0v) is 17.1. The number of amides is 1. The molecular formula is C18H19BrN4O2S. The first-order chi connectivity index (χ1) is 12.5. The number of thioether (sulfide) groups is 1. The molecule has 0 radical (unpaired) electrons. The van der Waals surface area contributed by atoms with Crippen molar-refractivity contribution < 1.29 is 9.21 Å². The number of rotatable bonds is 6. The molecule has 2 heterocycles. The van der Waals surface area contributed by atoms with Crippen LogP contribution in [0.15, 0.2) is 44.6 Å². The SMILES string of the molecule is CCn1c(SCC(=O)Nc2c(C)cc(Br)cc2C)nnc1-c1ccco1. The van der Waals surface area contributed by atoms with Crippen molar-refractivity contribution >= 4 is 39.3 Å². The molecule has 0 saturated carbocycles. The first-order valence-corrected chi connectivity index (χ1v) is 9.94. The fourth-order valence-electron chi connectivity index (χ4n) is 2.68. The summed E-state index contributed by atoms with van der Waals surface area (Å²) < 4.78 is 8.34. The summed E-state index contributed by atoms with van der Waals surface area (Å²) in [4.78, 5) is 12.4. The summed E-state index contributed by atoms with van der Waals surface area (Å²) in [6, 6.07) is 7.63. The minimum atomic E-state index is -0.0753. The van der Waals surface area contributed by atoms with Crippen LogP contribution in [0.2, 0.25) is 0 Å². The third-order valence-electron chi connectivity index (χ3n) is 3.87. The summed E-state index contributed by atoms with van der Waals surface area (Å²) >= 11 is 4.83. The lowest BCUT2D eigenvalue weighted by molar-refractivity contribution is -0.113. The number of carbonyl (C=O) groups excluding carboxylic acids is 1. The van der Waals surface area contributed by atoms with E-state index in [1.165, 1.54) is 11.8 Å². The average Bonchev–Trinajstić information content (AvgIpc) is 3.24. The molecule has 6 nitrogen and oxygen atoms in total. The van der Waals surface area contributed by atoms with E-state index in [2.05, 4.69) is 31.4 Å². The number of halogens is 1. The van der Waals surface area contributed by atoms with E-state index in [1.807, 2.05) is 49.6 Å². The summed E-state index contributed by atoms with van der Waals surface area (Å²) in [5.41, 5.74) is 2.89. The first-order valence-electron chi connectivity index (χ1n) is 8.16. The van der Waals surface area contributed by atoms with E-state index in [1.54, 1.807) is 6.26 Å². The number of aryl methyl sites for hydroxylation is 2. The molecule has 136 valence electrons. The molecule has 3 aromatic rings. The summed E-state index contributed by atoms with van der Waals surface area (Å²) in [6.07, 6.45) is 1.60. The Morgan fingerprint density at radius 2 is 2.04 bits per heavy atom. The van der Waals surface area contributed by atoms with E-state index >= 15 is 0 Å². The van der Waals surface area contributed by atoms with Crippen LogP contribution < -0.4 is 5.32 Å². The smallest absolute Gasteiger partial charge is 0.234 e. The lowest BCUT2D eigenvalue weighted by Crippen LogP contribution is -2.16. The van der Waals surface area contributed by atoms with Crippen LogP contribution in [-0.4, -0.2) is 26.4 Å². The average molecular weight is 435 g/mol. The second-order valence-electron chi connectivity index (χ2n) is 5.78. The molecule has 1 aromatic carbocycles. The van der Waals surface area contributed by atoms with Crippen molar-refractivity contribution in [3.05, 3.63) is 46.1 Å². The molecule has 1 N–H and O–H groups in total. The highest BCUT2D eigenvalue weighted by molar-refractivity contribution is 9.10. The molecule has 8 heteroatoms. The lowest BCUT2D eigenvalue weighted by atomic mass is 10.1. The van der Waals surface area contributed by atoms with Crippen molar-refractivity contribution in [1.29, 1.82) is 0 Å². The largest absolute Gasteiger partial charge is 0.461 e. The molecule has 26 heavy (non-hydrogen) atoms. The van der Waals surface area contributed by atoms with Crippen LogP contribution in [0.3, 0.4) is 0 Å². The fourth-order valence-corrected chi connectivity index (χ4v) is 4.17. The minimum absolute atomic E-state index is 0.0753. The number of carbonyl (C=O) groups is 1. The minimum Gasteiger partial charge on any atom is -0.461 e. The highest BCUT2D eigenvalue weighted by Gasteiger charge is 2.16. The molecule has 1 amide bonds. The van der Waals surface area contributed by atoms with Gasteiger partial charge in [-0.15, -0.1) is 10.2 Å². The second-order valence-corrected chi connectivity index (χ2v) is 7.64. The lowest BCUT2D eigenvalue weighted by Gasteiger charge is -2.12. The molecule has 2 aromatic heterocycles. The summed E-state index contributed by atoms with van der Waals surface area (Å²) in [6.45, 7) is 6.65. The van der Waals surface area contributed by atoms with Crippen molar-refractivity contribution in [2.75, 3.05) is 11.1 Å². The Morgan fingerprint density at radius 1 is 1.31 bits per heavy atom. The number of hydrogen-bond acceptors (Lipinski definition) is 5. The molecule has 0 fully saturated rings. The fraction of sp³-hybridized carbons (Fsp3) is 0.278. The standard InChI is InChI=1S/C18H19BrN4O2S/c1-4-23-17(14-6-5-7-25-14)21-22-18(23)26-10-15(24)20-16-11(2)8-13(19)9-12(16)3/h5-9H,4,10H2,1-3H3,(H,20,24). The summed E-state index contributed by atoms with van der Waals surface area (Å²) in [7, 11) is 0. The molecule has 0 unspecified atom stereocenters. The van der Waals surface area contributed by atoms with Gasteiger partial charge in [-0.2, -0.15) is 0 Å². The first kappa shape index (κ1) is 18.7. The van der Waals surface area contributed by atoms with E-state index in [0.717, 1.165) is 21.3 Å². The predicted molar refractivity (Wildman–Crippen MR) is 106 cm³/mol. The maximum absolute atomic E-state index is 12.4. The third-order valence-corrected chi connectivity index (χ3v) is 5.29. The van der Waals surface area contributed by atoms with E-state index in [0.29, 0.717) is 23.3 Å². The van der Waals surface area contributed by atoms with Gasteiger partial charge < -0.3 is 9.73 Å². The maximum Gasteiger partial charge on any atom is 0.234 e. The van der Waals surface area contributed by atoms with Gasteiger partial charge in [-0.1, -0.05) is 27.7 Å². The number of anilines is 1. The number of furan rings is 1. The summed E-state index contributed by atoms with van der Waals surface area (Å²) in [5, 5.41) is 12.1. The van der Waals surface area contributed by atoms with Crippen molar-refractivity contribution in [2.24, 2.45) is 0 Å². The monoisotopic (exact) mass is 434 g/mol. The second kappa shape index (κ2) is 8.09. The molecular weight excluding hydrogens is 416 g/mol. The van der Waals surface area contributed by atoms with E-state index < -0.39 is 0 Å². The van der Waals surface area contributed by atoms with Gasteiger partial charge in [0.2, 0.25) is 5.91 Å². The Balaban J connectivity index is 1.69. The van der Waals surface area contributed by atoms with Gasteiger partial charge in [0, 0.05) is 16.7 Å². The van der Waals surface area contributed by atoms with E-state index in [9.17, 15) is 4.79 Å². The zero-order chi connectivity index (χ0) is 18.7. The third kappa shape index (κ3) is 4.02. The molecule has 0 spiro atoms.